The van der Waals surface area contributed by atoms with E-state index >= 15 is 0 Å². The van der Waals surface area contributed by atoms with Crippen molar-refractivity contribution in [3.63, 3.8) is 0 Å². The monoisotopic (exact) mass is 286 g/mol. The van der Waals surface area contributed by atoms with E-state index in [-0.39, 0.29) is 18.3 Å². The number of benzene rings is 1. The van der Waals surface area contributed by atoms with Gasteiger partial charge in [0.25, 0.3) is 0 Å². The van der Waals surface area contributed by atoms with Crippen LogP contribution in [0.25, 0.3) is 0 Å². The van der Waals surface area contributed by atoms with Crippen LogP contribution in [-0.4, -0.2) is 18.2 Å². The van der Waals surface area contributed by atoms with Gasteiger partial charge in [0, 0.05) is 4.47 Å². The quantitative estimate of drug-likeness (QED) is 0.866. The molecule has 4 heteroatoms. The second-order valence-electron chi connectivity index (χ2n) is 3.76. The fourth-order valence-electron chi connectivity index (χ4n) is 1.48. The number of halogens is 1. The highest BCUT2D eigenvalue weighted by atomic mass is 79.9. The first kappa shape index (κ1) is 13.2. The molecular formula is C12H15BrO3. The zero-order chi connectivity index (χ0) is 12.1. The molecule has 1 aromatic carbocycles. The Morgan fingerprint density at radius 1 is 1.56 bits per heavy atom. The molecule has 0 aliphatic rings. The number of aliphatic hydroxyl groups excluding tert-OH is 1. The second kappa shape index (κ2) is 6.01. The number of hydrogen-bond donors (Lipinski definition) is 1. The average Bonchev–Trinajstić information content (AvgIpc) is 2.27. The normalized spacial score (nSPS) is 14.2. The lowest BCUT2D eigenvalue weighted by molar-refractivity contribution is -0.142. The van der Waals surface area contributed by atoms with E-state index in [2.05, 4.69) is 20.7 Å². The van der Waals surface area contributed by atoms with Gasteiger partial charge in [-0.15, -0.1) is 0 Å². The van der Waals surface area contributed by atoms with Crippen molar-refractivity contribution in [1.29, 1.82) is 0 Å². The maximum Gasteiger partial charge on any atom is 0.305 e. The number of hydrogen-bond acceptors (Lipinski definition) is 3. The number of esters is 1. The van der Waals surface area contributed by atoms with Crippen molar-refractivity contribution in [3.8, 4) is 0 Å². The summed E-state index contributed by atoms with van der Waals surface area (Å²) in [4.78, 5) is 11.1. The lowest BCUT2D eigenvalue weighted by Crippen LogP contribution is -2.14. The first-order valence-electron chi connectivity index (χ1n) is 5.05. The summed E-state index contributed by atoms with van der Waals surface area (Å²) < 4.78 is 5.48. The Labute approximate surface area is 104 Å². The lowest BCUT2D eigenvalue weighted by atomic mass is 9.95. The molecule has 1 N–H and O–H groups in total. The first-order chi connectivity index (χ1) is 7.54. The van der Waals surface area contributed by atoms with Crippen molar-refractivity contribution in [2.75, 3.05) is 7.11 Å². The minimum absolute atomic E-state index is 0.165. The number of rotatable bonds is 4. The van der Waals surface area contributed by atoms with Gasteiger partial charge in [-0.3, -0.25) is 4.79 Å². The van der Waals surface area contributed by atoms with Gasteiger partial charge in [0.2, 0.25) is 0 Å². The zero-order valence-electron chi connectivity index (χ0n) is 9.31. The van der Waals surface area contributed by atoms with E-state index in [4.69, 9.17) is 0 Å². The number of aliphatic hydroxyl groups is 1. The maximum absolute atomic E-state index is 11.1. The third kappa shape index (κ3) is 3.61. The Morgan fingerprint density at radius 2 is 2.25 bits per heavy atom. The van der Waals surface area contributed by atoms with Crippen molar-refractivity contribution >= 4 is 21.9 Å². The lowest BCUT2D eigenvalue weighted by Gasteiger charge is -2.18. The molecule has 16 heavy (non-hydrogen) atoms. The summed E-state index contributed by atoms with van der Waals surface area (Å²) in [6.07, 6.45) is -0.443. The summed E-state index contributed by atoms with van der Waals surface area (Å²) in [6, 6.07) is 7.43. The van der Waals surface area contributed by atoms with Crippen LogP contribution in [0.1, 0.15) is 25.0 Å². The highest BCUT2D eigenvalue weighted by Gasteiger charge is 2.19. The van der Waals surface area contributed by atoms with Gasteiger partial charge >= 0.3 is 5.97 Å². The van der Waals surface area contributed by atoms with Crippen LogP contribution >= 0.6 is 15.9 Å². The van der Waals surface area contributed by atoms with Crippen molar-refractivity contribution in [2.45, 2.75) is 19.4 Å². The summed E-state index contributed by atoms with van der Waals surface area (Å²) in [6.45, 7) is 1.82. The molecule has 0 saturated heterocycles. The minimum atomic E-state index is -0.656. The molecular weight excluding hydrogens is 272 g/mol. The molecule has 0 radical (unpaired) electrons. The zero-order valence-corrected chi connectivity index (χ0v) is 10.9. The molecule has 0 heterocycles. The van der Waals surface area contributed by atoms with Gasteiger partial charge in [-0.25, -0.2) is 0 Å². The van der Waals surface area contributed by atoms with Crippen molar-refractivity contribution < 1.29 is 14.6 Å². The third-order valence-corrected chi connectivity index (χ3v) is 2.94. The summed E-state index contributed by atoms with van der Waals surface area (Å²) in [5, 5.41) is 10.0. The Morgan fingerprint density at radius 3 is 2.81 bits per heavy atom. The average molecular weight is 287 g/mol. The molecule has 0 aromatic heterocycles. The molecule has 1 rings (SSSR count). The van der Waals surface area contributed by atoms with Gasteiger partial charge in [0.15, 0.2) is 0 Å². The van der Waals surface area contributed by atoms with Gasteiger partial charge in [-0.1, -0.05) is 35.0 Å². The van der Waals surface area contributed by atoms with Crippen molar-refractivity contribution in [1.82, 2.24) is 0 Å². The van der Waals surface area contributed by atoms with Crippen molar-refractivity contribution in [3.05, 3.63) is 34.3 Å². The van der Waals surface area contributed by atoms with E-state index in [1.54, 1.807) is 0 Å². The van der Waals surface area contributed by atoms with Gasteiger partial charge in [0.05, 0.1) is 19.6 Å². The molecule has 3 nitrogen and oxygen atoms in total. The smallest absolute Gasteiger partial charge is 0.305 e. The minimum Gasteiger partial charge on any atom is -0.469 e. The summed E-state index contributed by atoms with van der Waals surface area (Å²) in [7, 11) is 1.35. The largest absolute Gasteiger partial charge is 0.469 e. The Kier molecular flexibility index (Phi) is 4.96. The predicted octanol–water partition coefficient (Wildman–Crippen LogP) is 2.68. The van der Waals surface area contributed by atoms with Crippen LogP contribution in [-0.2, 0) is 9.53 Å². The van der Waals surface area contributed by atoms with Gasteiger partial charge < -0.3 is 9.84 Å². The summed E-state index contributed by atoms with van der Waals surface area (Å²) in [5.41, 5.74) is 0.797. The van der Waals surface area contributed by atoms with Gasteiger partial charge in [-0.2, -0.15) is 0 Å². The van der Waals surface area contributed by atoms with E-state index in [9.17, 15) is 9.90 Å². The Bertz CT molecular complexity index is 365. The number of carbonyl (C=O) groups excluding carboxylic acids is 1. The molecule has 88 valence electrons. The van der Waals surface area contributed by atoms with Crippen LogP contribution in [0.2, 0.25) is 0 Å². The standard InChI is InChI=1S/C12H15BrO3/c1-8(6-11(14)16-2)12(15)9-4-3-5-10(13)7-9/h3-5,7-8,12,15H,6H2,1-2H3. The van der Waals surface area contributed by atoms with E-state index < -0.39 is 6.10 Å². The molecule has 0 spiro atoms. The van der Waals surface area contributed by atoms with Gasteiger partial charge in [-0.05, 0) is 23.6 Å². The van der Waals surface area contributed by atoms with Crippen LogP contribution in [0.5, 0.6) is 0 Å². The van der Waals surface area contributed by atoms with Crippen LogP contribution in [0.3, 0.4) is 0 Å². The molecule has 0 fully saturated rings. The van der Waals surface area contributed by atoms with Crippen LogP contribution in [0, 0.1) is 5.92 Å². The molecule has 0 amide bonds. The van der Waals surface area contributed by atoms with Crippen LogP contribution in [0.15, 0.2) is 28.7 Å². The topological polar surface area (TPSA) is 46.5 Å². The molecule has 0 bridgehead atoms. The third-order valence-electron chi connectivity index (χ3n) is 2.45. The number of methoxy groups -OCH3 is 1. The van der Waals surface area contributed by atoms with Crippen LogP contribution < -0.4 is 0 Å². The van der Waals surface area contributed by atoms with Crippen molar-refractivity contribution in [2.24, 2.45) is 5.92 Å². The molecule has 0 saturated carbocycles. The summed E-state index contributed by atoms with van der Waals surface area (Å²) >= 11 is 3.34. The number of ether oxygens (including phenoxy) is 1. The first-order valence-corrected chi connectivity index (χ1v) is 5.84. The molecule has 0 aliphatic heterocycles. The van der Waals surface area contributed by atoms with E-state index in [0.717, 1.165) is 10.0 Å². The Balaban J connectivity index is 2.70. The van der Waals surface area contributed by atoms with E-state index in [1.807, 2.05) is 31.2 Å². The van der Waals surface area contributed by atoms with E-state index in [1.165, 1.54) is 7.11 Å². The highest BCUT2D eigenvalue weighted by Crippen LogP contribution is 2.26. The Hall–Kier alpha value is -0.870. The summed E-state index contributed by atoms with van der Waals surface area (Å²) in [5.74, 6) is -0.469. The van der Waals surface area contributed by atoms with E-state index in [0.29, 0.717) is 0 Å². The molecule has 0 aliphatic carbocycles. The number of carbonyl (C=O) groups is 1. The molecule has 1 aromatic rings. The maximum atomic E-state index is 11.1. The molecule has 2 atom stereocenters. The van der Waals surface area contributed by atoms with Crippen LogP contribution in [0.4, 0.5) is 0 Å². The fraction of sp³-hybridized carbons (Fsp3) is 0.417. The predicted molar refractivity (Wildman–Crippen MR) is 64.9 cm³/mol. The second-order valence-corrected chi connectivity index (χ2v) is 4.67. The fourth-order valence-corrected chi connectivity index (χ4v) is 1.89. The SMILES string of the molecule is COC(=O)CC(C)C(O)c1cccc(Br)c1. The highest BCUT2D eigenvalue weighted by molar-refractivity contribution is 9.10. The molecule has 2 unspecified atom stereocenters. The van der Waals surface area contributed by atoms with Gasteiger partial charge in [0.1, 0.15) is 0 Å².